The summed E-state index contributed by atoms with van der Waals surface area (Å²) in [5.74, 6) is -0.331. The average molecular weight is 264 g/mol. The summed E-state index contributed by atoms with van der Waals surface area (Å²) in [6.07, 6.45) is 0. The Hall–Kier alpha value is -2.15. The summed E-state index contributed by atoms with van der Waals surface area (Å²) in [6.45, 7) is 1.62. The van der Waals surface area contributed by atoms with E-state index < -0.39 is 4.92 Å². The number of hydrogen-bond donors (Lipinski definition) is 2. The summed E-state index contributed by atoms with van der Waals surface area (Å²) in [7, 11) is 3.32. The first-order valence-corrected chi connectivity index (χ1v) is 5.98. The molecule has 0 unspecified atom stereocenters. The van der Waals surface area contributed by atoms with Crippen LogP contribution >= 0.6 is 0 Å². The fourth-order valence-electron chi connectivity index (χ4n) is 2.00. The number of anilines is 1. The van der Waals surface area contributed by atoms with E-state index in [0.29, 0.717) is 5.69 Å². The monoisotopic (exact) mass is 264 g/mol. The second-order valence-electron chi connectivity index (χ2n) is 4.46. The molecule has 0 aromatic heterocycles. The molecule has 0 saturated carbocycles. The number of nitro groups is 1. The van der Waals surface area contributed by atoms with Crippen LogP contribution in [-0.4, -0.2) is 44.1 Å². The summed E-state index contributed by atoms with van der Waals surface area (Å²) < 4.78 is 0. The van der Waals surface area contributed by atoms with Crippen molar-refractivity contribution in [1.29, 1.82) is 0 Å². The van der Waals surface area contributed by atoms with E-state index in [1.54, 1.807) is 12.1 Å². The van der Waals surface area contributed by atoms with Crippen molar-refractivity contribution in [2.24, 2.45) is 0 Å². The first-order chi connectivity index (χ1) is 9.04. The lowest BCUT2D eigenvalue weighted by molar-refractivity contribution is -0.384. The molecule has 0 radical (unpaired) electrons. The van der Waals surface area contributed by atoms with E-state index in [4.69, 9.17) is 0 Å². The van der Waals surface area contributed by atoms with Gasteiger partial charge in [-0.2, -0.15) is 0 Å². The van der Waals surface area contributed by atoms with Gasteiger partial charge in [0.25, 0.3) is 11.6 Å². The van der Waals surface area contributed by atoms with Gasteiger partial charge in [0, 0.05) is 38.8 Å². The van der Waals surface area contributed by atoms with Gasteiger partial charge in [-0.1, -0.05) is 0 Å². The molecule has 102 valence electrons. The zero-order chi connectivity index (χ0) is 14.0. The Morgan fingerprint density at radius 1 is 1.53 bits per heavy atom. The van der Waals surface area contributed by atoms with Crippen LogP contribution in [0.1, 0.15) is 10.4 Å². The molecular formula is C12H16N4O3. The Morgan fingerprint density at radius 2 is 2.21 bits per heavy atom. The van der Waals surface area contributed by atoms with Crippen molar-refractivity contribution in [3.8, 4) is 0 Å². The number of hydrogen-bond acceptors (Lipinski definition) is 5. The highest BCUT2D eigenvalue weighted by atomic mass is 16.6. The van der Waals surface area contributed by atoms with Crippen LogP contribution in [0.2, 0.25) is 0 Å². The Kier molecular flexibility index (Phi) is 3.66. The summed E-state index contributed by atoms with van der Waals surface area (Å²) >= 11 is 0. The quantitative estimate of drug-likeness (QED) is 0.605. The smallest absolute Gasteiger partial charge is 0.293 e. The van der Waals surface area contributed by atoms with Crippen molar-refractivity contribution in [2.75, 3.05) is 32.1 Å². The average Bonchev–Trinajstić information content (AvgIpc) is 2.34. The molecule has 1 aromatic rings. The Bertz CT molecular complexity index is 514. The van der Waals surface area contributed by atoms with E-state index in [2.05, 4.69) is 10.6 Å². The number of nitrogens with one attached hydrogen (secondary N) is 2. The van der Waals surface area contributed by atoms with Gasteiger partial charge < -0.3 is 15.5 Å². The number of likely N-dealkylation sites (N-methyl/N-ethyl adjacent to an activating group) is 1. The van der Waals surface area contributed by atoms with Crippen LogP contribution in [-0.2, 0) is 0 Å². The fraction of sp³-hybridized carbons (Fsp3) is 0.417. The third-order valence-corrected chi connectivity index (χ3v) is 3.35. The highest BCUT2D eigenvalue weighted by Crippen LogP contribution is 2.30. The van der Waals surface area contributed by atoms with Crippen molar-refractivity contribution >= 4 is 17.3 Å². The summed E-state index contributed by atoms with van der Waals surface area (Å²) in [6, 6.07) is 4.80. The topological polar surface area (TPSA) is 87.5 Å². The van der Waals surface area contributed by atoms with E-state index in [-0.39, 0.29) is 23.2 Å². The van der Waals surface area contributed by atoms with Crippen LogP contribution in [0.25, 0.3) is 0 Å². The molecule has 7 heteroatoms. The lowest BCUT2D eigenvalue weighted by Crippen LogP contribution is -2.56. The van der Waals surface area contributed by atoms with Gasteiger partial charge in [0.1, 0.15) is 5.69 Å². The number of carbonyl (C=O) groups is 1. The number of benzene rings is 1. The van der Waals surface area contributed by atoms with Gasteiger partial charge in [0.15, 0.2) is 0 Å². The van der Waals surface area contributed by atoms with E-state index in [9.17, 15) is 14.9 Å². The maximum atomic E-state index is 11.5. The lowest BCUT2D eigenvalue weighted by atomic mass is 10.1. The summed E-state index contributed by atoms with van der Waals surface area (Å²) in [4.78, 5) is 24.1. The van der Waals surface area contributed by atoms with Crippen LogP contribution in [0.3, 0.4) is 0 Å². The van der Waals surface area contributed by atoms with Gasteiger partial charge in [-0.05, 0) is 12.1 Å². The molecule has 0 aliphatic carbocycles. The van der Waals surface area contributed by atoms with Crippen LogP contribution < -0.4 is 15.5 Å². The van der Waals surface area contributed by atoms with Crippen LogP contribution in [0.15, 0.2) is 18.2 Å². The molecule has 1 fully saturated rings. The van der Waals surface area contributed by atoms with Gasteiger partial charge >= 0.3 is 0 Å². The Morgan fingerprint density at radius 3 is 2.68 bits per heavy atom. The van der Waals surface area contributed by atoms with E-state index in [1.807, 2.05) is 11.9 Å². The van der Waals surface area contributed by atoms with Gasteiger partial charge in [-0.25, -0.2) is 0 Å². The maximum absolute atomic E-state index is 11.5. The molecule has 2 N–H and O–H groups in total. The minimum Gasteiger partial charge on any atom is -0.364 e. The molecule has 1 aliphatic rings. The number of carbonyl (C=O) groups excluding carboxylic acids is 1. The maximum Gasteiger partial charge on any atom is 0.293 e. The minimum atomic E-state index is -0.454. The van der Waals surface area contributed by atoms with Crippen LogP contribution in [0.4, 0.5) is 11.4 Å². The Labute approximate surface area is 110 Å². The molecule has 1 amide bonds. The number of nitrogens with zero attached hydrogens (tertiary/aromatic N) is 2. The SMILES string of the molecule is CNC(=O)c1ccc(N(C)C2CNC2)c([N+](=O)[O-])c1. The number of rotatable bonds is 4. The predicted molar refractivity (Wildman–Crippen MR) is 71.5 cm³/mol. The molecule has 1 aromatic carbocycles. The molecule has 0 bridgehead atoms. The van der Waals surface area contributed by atoms with Crippen molar-refractivity contribution in [1.82, 2.24) is 10.6 Å². The zero-order valence-electron chi connectivity index (χ0n) is 10.8. The van der Waals surface area contributed by atoms with Crippen molar-refractivity contribution in [3.05, 3.63) is 33.9 Å². The molecule has 1 aliphatic heterocycles. The van der Waals surface area contributed by atoms with Gasteiger partial charge in [0.05, 0.1) is 11.0 Å². The van der Waals surface area contributed by atoms with Gasteiger partial charge in [-0.15, -0.1) is 0 Å². The van der Waals surface area contributed by atoms with E-state index in [1.165, 1.54) is 13.1 Å². The van der Waals surface area contributed by atoms with Gasteiger partial charge in [0.2, 0.25) is 0 Å². The number of nitro benzene ring substituents is 1. The van der Waals surface area contributed by atoms with Crippen molar-refractivity contribution < 1.29 is 9.72 Å². The molecule has 7 nitrogen and oxygen atoms in total. The second-order valence-corrected chi connectivity index (χ2v) is 4.46. The molecule has 2 rings (SSSR count). The standard InChI is InChI=1S/C12H16N4O3/c1-13-12(17)8-3-4-10(11(5-8)16(18)19)15(2)9-6-14-7-9/h3-5,9,14H,6-7H2,1-2H3,(H,13,17). The summed E-state index contributed by atoms with van der Waals surface area (Å²) in [5.41, 5.74) is 0.776. The zero-order valence-corrected chi connectivity index (χ0v) is 10.8. The molecule has 0 spiro atoms. The van der Waals surface area contributed by atoms with Crippen molar-refractivity contribution in [3.63, 3.8) is 0 Å². The first kappa shape index (κ1) is 13.3. The summed E-state index contributed by atoms with van der Waals surface area (Å²) in [5, 5.41) is 16.7. The van der Waals surface area contributed by atoms with Crippen LogP contribution in [0, 0.1) is 10.1 Å². The van der Waals surface area contributed by atoms with Crippen LogP contribution in [0.5, 0.6) is 0 Å². The molecule has 1 saturated heterocycles. The molecule has 1 heterocycles. The molecule has 19 heavy (non-hydrogen) atoms. The fourth-order valence-corrected chi connectivity index (χ4v) is 2.00. The largest absolute Gasteiger partial charge is 0.364 e. The Balaban J connectivity index is 2.37. The number of amides is 1. The molecule has 0 atom stereocenters. The second kappa shape index (κ2) is 5.23. The first-order valence-electron chi connectivity index (χ1n) is 5.98. The predicted octanol–water partition coefficient (Wildman–Crippen LogP) is 0.362. The van der Waals surface area contributed by atoms with Gasteiger partial charge in [-0.3, -0.25) is 14.9 Å². The molecular weight excluding hydrogens is 248 g/mol. The normalized spacial score (nSPS) is 14.6. The van der Waals surface area contributed by atoms with E-state index in [0.717, 1.165) is 13.1 Å². The minimum absolute atomic E-state index is 0.0458. The third kappa shape index (κ3) is 2.50. The van der Waals surface area contributed by atoms with Crippen molar-refractivity contribution in [2.45, 2.75) is 6.04 Å². The van der Waals surface area contributed by atoms with E-state index >= 15 is 0 Å². The highest BCUT2D eigenvalue weighted by molar-refractivity contribution is 5.95. The highest BCUT2D eigenvalue weighted by Gasteiger charge is 2.27. The lowest BCUT2D eigenvalue weighted by Gasteiger charge is -2.36. The third-order valence-electron chi connectivity index (χ3n) is 3.35.